The van der Waals surface area contributed by atoms with Crippen LogP contribution in [0.25, 0.3) is 17.4 Å². The molecule has 0 bridgehead atoms. The molecule has 0 unspecified atom stereocenters. The van der Waals surface area contributed by atoms with Crippen LogP contribution >= 0.6 is 0 Å². The highest BCUT2D eigenvalue weighted by Crippen LogP contribution is 2.21. The molecule has 0 spiro atoms. The lowest BCUT2D eigenvalue weighted by Crippen LogP contribution is -2.13. The lowest BCUT2D eigenvalue weighted by Gasteiger charge is -2.09. The van der Waals surface area contributed by atoms with Gasteiger partial charge in [0.25, 0.3) is 0 Å². The predicted octanol–water partition coefficient (Wildman–Crippen LogP) is 2.89. The zero-order chi connectivity index (χ0) is 16.4. The summed E-state index contributed by atoms with van der Waals surface area (Å²) in [7, 11) is 0. The fourth-order valence-corrected chi connectivity index (χ4v) is 2.22. The molecule has 0 saturated carbocycles. The fraction of sp³-hybridized carbons (Fsp3) is 0.250. The third-order valence-corrected chi connectivity index (χ3v) is 3.27. The van der Waals surface area contributed by atoms with Crippen molar-refractivity contribution in [3.05, 3.63) is 41.9 Å². The van der Waals surface area contributed by atoms with E-state index in [4.69, 9.17) is 4.42 Å². The van der Waals surface area contributed by atoms with Crippen LogP contribution in [0.15, 0.2) is 34.9 Å². The van der Waals surface area contributed by atoms with Crippen molar-refractivity contribution in [3.8, 4) is 17.4 Å². The van der Waals surface area contributed by atoms with E-state index in [1.165, 1.54) is 0 Å². The van der Waals surface area contributed by atoms with Crippen LogP contribution in [-0.2, 0) is 4.79 Å². The Labute approximate surface area is 133 Å². The maximum absolute atomic E-state index is 11.7. The molecular formula is C16H17N5O2. The van der Waals surface area contributed by atoms with Crippen LogP contribution in [0.3, 0.4) is 0 Å². The van der Waals surface area contributed by atoms with Crippen LogP contribution in [-0.4, -0.2) is 25.7 Å². The molecule has 0 radical (unpaired) electrons. The van der Waals surface area contributed by atoms with Crippen molar-refractivity contribution >= 4 is 11.7 Å². The van der Waals surface area contributed by atoms with Crippen molar-refractivity contribution in [2.45, 2.75) is 27.2 Å². The first kappa shape index (κ1) is 15.0. The molecule has 1 amide bonds. The van der Waals surface area contributed by atoms with Crippen LogP contribution in [0, 0.1) is 13.8 Å². The summed E-state index contributed by atoms with van der Waals surface area (Å²) >= 11 is 0. The van der Waals surface area contributed by atoms with E-state index in [9.17, 15) is 4.79 Å². The summed E-state index contributed by atoms with van der Waals surface area (Å²) in [4.78, 5) is 20.5. The van der Waals surface area contributed by atoms with Gasteiger partial charge in [0.1, 0.15) is 5.82 Å². The van der Waals surface area contributed by atoms with E-state index in [1.54, 1.807) is 36.1 Å². The van der Waals surface area contributed by atoms with Gasteiger partial charge >= 0.3 is 0 Å². The Kier molecular flexibility index (Phi) is 3.92. The standard InChI is InChI=1S/C16H17N5O2/c1-4-15(22)17-13-9-14(21-11(3)8-10(2)20-21)19-16(18-13)12-6-5-7-23-12/h5-9H,4H2,1-3H3,(H,17,18,19,22). The second-order valence-electron chi connectivity index (χ2n) is 5.15. The number of carbonyl (C=O) groups is 1. The van der Waals surface area contributed by atoms with Crippen molar-refractivity contribution in [1.29, 1.82) is 0 Å². The monoisotopic (exact) mass is 311 g/mol. The molecule has 0 atom stereocenters. The molecule has 0 aliphatic carbocycles. The van der Waals surface area contributed by atoms with Crippen molar-refractivity contribution < 1.29 is 9.21 Å². The van der Waals surface area contributed by atoms with Crippen LogP contribution in [0.2, 0.25) is 0 Å². The smallest absolute Gasteiger partial charge is 0.225 e. The number of hydrogen-bond acceptors (Lipinski definition) is 5. The van der Waals surface area contributed by atoms with Crippen LogP contribution < -0.4 is 5.32 Å². The van der Waals surface area contributed by atoms with Gasteiger partial charge in [-0.05, 0) is 32.0 Å². The Bertz CT molecular complexity index is 836. The molecule has 0 aliphatic rings. The van der Waals surface area contributed by atoms with Crippen molar-refractivity contribution in [2.75, 3.05) is 5.32 Å². The van der Waals surface area contributed by atoms with Gasteiger partial charge in [0.2, 0.25) is 5.91 Å². The highest BCUT2D eigenvalue weighted by Gasteiger charge is 2.13. The molecule has 0 aromatic carbocycles. The average Bonchev–Trinajstić information content (AvgIpc) is 3.16. The number of nitrogens with zero attached hydrogens (tertiary/aromatic N) is 4. The Hall–Kier alpha value is -2.96. The molecule has 0 saturated heterocycles. The molecule has 3 aromatic heterocycles. The molecule has 7 heteroatoms. The number of aromatic nitrogens is 4. The first-order valence-corrected chi connectivity index (χ1v) is 7.33. The van der Waals surface area contributed by atoms with E-state index in [1.807, 2.05) is 19.9 Å². The van der Waals surface area contributed by atoms with E-state index in [2.05, 4.69) is 20.4 Å². The molecule has 0 aliphatic heterocycles. The summed E-state index contributed by atoms with van der Waals surface area (Å²) in [6.45, 7) is 5.64. The van der Waals surface area contributed by atoms with Gasteiger partial charge in [-0.25, -0.2) is 14.6 Å². The molecule has 1 N–H and O–H groups in total. The highest BCUT2D eigenvalue weighted by molar-refractivity contribution is 5.89. The van der Waals surface area contributed by atoms with E-state index < -0.39 is 0 Å². The number of furan rings is 1. The van der Waals surface area contributed by atoms with Gasteiger partial charge in [-0.3, -0.25) is 4.79 Å². The Morgan fingerprint density at radius 3 is 2.74 bits per heavy atom. The first-order chi connectivity index (χ1) is 11.1. The third-order valence-electron chi connectivity index (χ3n) is 3.27. The second kappa shape index (κ2) is 6.04. The fourth-order valence-electron chi connectivity index (χ4n) is 2.22. The molecular weight excluding hydrogens is 294 g/mol. The number of anilines is 1. The molecule has 0 fully saturated rings. The number of hydrogen-bond donors (Lipinski definition) is 1. The van der Waals surface area contributed by atoms with Crippen LogP contribution in [0.1, 0.15) is 24.7 Å². The summed E-state index contributed by atoms with van der Waals surface area (Å²) in [6, 6.07) is 7.18. The first-order valence-electron chi connectivity index (χ1n) is 7.33. The summed E-state index contributed by atoms with van der Waals surface area (Å²) in [5.41, 5.74) is 1.83. The zero-order valence-electron chi connectivity index (χ0n) is 13.2. The van der Waals surface area contributed by atoms with Gasteiger partial charge < -0.3 is 9.73 Å². The van der Waals surface area contributed by atoms with E-state index in [-0.39, 0.29) is 5.91 Å². The molecule has 3 rings (SSSR count). The minimum absolute atomic E-state index is 0.117. The normalized spacial score (nSPS) is 10.7. The molecule has 3 aromatic rings. The lowest BCUT2D eigenvalue weighted by atomic mass is 10.3. The number of nitrogens with one attached hydrogen (secondary N) is 1. The maximum atomic E-state index is 11.7. The largest absolute Gasteiger partial charge is 0.461 e. The molecule has 7 nitrogen and oxygen atoms in total. The SMILES string of the molecule is CCC(=O)Nc1cc(-n2nc(C)cc2C)nc(-c2ccco2)n1. The highest BCUT2D eigenvalue weighted by atomic mass is 16.3. The van der Waals surface area contributed by atoms with Gasteiger partial charge in [0, 0.05) is 18.2 Å². The number of rotatable bonds is 4. The Morgan fingerprint density at radius 1 is 1.30 bits per heavy atom. The number of amides is 1. The summed E-state index contributed by atoms with van der Waals surface area (Å²) in [5.74, 6) is 1.80. The van der Waals surface area contributed by atoms with Gasteiger partial charge in [0.15, 0.2) is 17.4 Å². The van der Waals surface area contributed by atoms with Crippen molar-refractivity contribution in [3.63, 3.8) is 0 Å². The average molecular weight is 311 g/mol. The van der Waals surface area contributed by atoms with E-state index >= 15 is 0 Å². The van der Waals surface area contributed by atoms with Crippen molar-refractivity contribution in [2.24, 2.45) is 0 Å². The topological polar surface area (TPSA) is 85.8 Å². The van der Waals surface area contributed by atoms with Crippen LogP contribution in [0.4, 0.5) is 5.82 Å². The molecule has 23 heavy (non-hydrogen) atoms. The zero-order valence-corrected chi connectivity index (χ0v) is 13.2. The lowest BCUT2D eigenvalue weighted by molar-refractivity contribution is -0.115. The summed E-state index contributed by atoms with van der Waals surface area (Å²) < 4.78 is 7.08. The van der Waals surface area contributed by atoms with Gasteiger partial charge in [-0.15, -0.1) is 0 Å². The third kappa shape index (κ3) is 3.13. The van der Waals surface area contributed by atoms with Gasteiger partial charge in [-0.1, -0.05) is 6.92 Å². The Morgan fingerprint density at radius 2 is 2.13 bits per heavy atom. The predicted molar refractivity (Wildman–Crippen MR) is 85.3 cm³/mol. The Balaban J connectivity index is 2.11. The van der Waals surface area contributed by atoms with Crippen molar-refractivity contribution in [1.82, 2.24) is 19.7 Å². The van der Waals surface area contributed by atoms with Gasteiger partial charge in [-0.2, -0.15) is 5.10 Å². The minimum Gasteiger partial charge on any atom is -0.461 e. The van der Waals surface area contributed by atoms with Gasteiger partial charge in [0.05, 0.1) is 12.0 Å². The van der Waals surface area contributed by atoms with E-state index in [0.29, 0.717) is 29.6 Å². The molecule has 3 heterocycles. The van der Waals surface area contributed by atoms with Crippen LogP contribution in [0.5, 0.6) is 0 Å². The number of aryl methyl sites for hydroxylation is 2. The minimum atomic E-state index is -0.117. The van der Waals surface area contributed by atoms with E-state index in [0.717, 1.165) is 11.4 Å². The maximum Gasteiger partial charge on any atom is 0.225 e. The number of carbonyl (C=O) groups excluding carboxylic acids is 1. The molecule has 118 valence electrons. The quantitative estimate of drug-likeness (QED) is 0.800. The summed E-state index contributed by atoms with van der Waals surface area (Å²) in [6.07, 6.45) is 1.92. The second-order valence-corrected chi connectivity index (χ2v) is 5.15. The summed E-state index contributed by atoms with van der Waals surface area (Å²) in [5, 5.41) is 7.18.